The third kappa shape index (κ3) is 4.09. The zero-order valence-corrected chi connectivity index (χ0v) is 16.2. The predicted molar refractivity (Wildman–Crippen MR) is 101 cm³/mol. The third-order valence-corrected chi connectivity index (χ3v) is 5.32. The Morgan fingerprint density at radius 1 is 1.04 bits per heavy atom. The molecule has 2 heterocycles. The fourth-order valence-electron chi connectivity index (χ4n) is 2.98. The molecule has 1 aliphatic rings. The molecule has 0 radical (unpaired) electrons. The predicted octanol–water partition coefficient (Wildman–Crippen LogP) is 0.784. The van der Waals surface area contributed by atoms with Crippen molar-refractivity contribution in [1.82, 2.24) is 14.3 Å². The topological polar surface area (TPSA) is 111 Å². The fraction of sp³-hybridized carbons (Fsp3) is 0.467. The van der Waals surface area contributed by atoms with Crippen LogP contribution in [0.25, 0.3) is 10.9 Å². The molecule has 0 aliphatic carbocycles. The van der Waals surface area contributed by atoms with Gasteiger partial charge < -0.3 is 14.4 Å². The molecular formula is C15H22ClN5O4S. The Hall–Kier alpha value is -1.88. The van der Waals surface area contributed by atoms with Gasteiger partial charge >= 0.3 is 0 Å². The van der Waals surface area contributed by atoms with E-state index in [1.165, 1.54) is 10.6 Å². The van der Waals surface area contributed by atoms with Crippen LogP contribution in [0.5, 0.6) is 11.5 Å². The summed E-state index contributed by atoms with van der Waals surface area (Å²) in [5.41, 5.74) is 0.732. The van der Waals surface area contributed by atoms with Crippen LogP contribution in [0.15, 0.2) is 18.5 Å². The van der Waals surface area contributed by atoms with E-state index in [9.17, 15) is 8.42 Å². The summed E-state index contributed by atoms with van der Waals surface area (Å²) in [6, 6.07) is 3.64. The number of hydrogen-bond donors (Lipinski definition) is 1. The molecule has 3 rings (SSSR count). The van der Waals surface area contributed by atoms with Gasteiger partial charge in [0, 0.05) is 37.6 Å². The van der Waals surface area contributed by atoms with Crippen LogP contribution < -0.4 is 19.5 Å². The molecule has 1 fully saturated rings. The van der Waals surface area contributed by atoms with Crippen molar-refractivity contribution < 1.29 is 17.9 Å². The first-order valence-corrected chi connectivity index (χ1v) is 9.34. The monoisotopic (exact) mass is 403 g/mol. The Labute approximate surface area is 158 Å². The van der Waals surface area contributed by atoms with E-state index in [0.717, 1.165) is 16.7 Å². The number of hydrogen-bond acceptors (Lipinski definition) is 7. The van der Waals surface area contributed by atoms with Crippen molar-refractivity contribution in [2.24, 2.45) is 5.14 Å². The number of rotatable bonds is 4. The fourth-order valence-corrected chi connectivity index (χ4v) is 3.70. The Morgan fingerprint density at radius 2 is 1.73 bits per heavy atom. The summed E-state index contributed by atoms with van der Waals surface area (Å²) in [6.07, 6.45) is 2.15. The van der Waals surface area contributed by atoms with Crippen LogP contribution in [0.2, 0.25) is 0 Å². The molecule has 1 aliphatic heterocycles. The summed E-state index contributed by atoms with van der Waals surface area (Å²) in [7, 11) is -0.535. The summed E-state index contributed by atoms with van der Waals surface area (Å²) in [6.45, 7) is 1.89. The van der Waals surface area contributed by atoms with Gasteiger partial charge in [-0.05, 0) is 12.5 Å². The van der Waals surface area contributed by atoms with Gasteiger partial charge in [-0.1, -0.05) is 0 Å². The van der Waals surface area contributed by atoms with Crippen LogP contribution in [0.1, 0.15) is 6.42 Å². The van der Waals surface area contributed by atoms with Crippen molar-refractivity contribution in [2.75, 3.05) is 45.3 Å². The van der Waals surface area contributed by atoms with Crippen LogP contribution >= 0.6 is 12.4 Å². The second-order valence-corrected chi connectivity index (χ2v) is 7.25. The minimum Gasteiger partial charge on any atom is -0.493 e. The van der Waals surface area contributed by atoms with Gasteiger partial charge in [-0.3, -0.25) is 0 Å². The second kappa shape index (κ2) is 8.21. The van der Waals surface area contributed by atoms with Crippen molar-refractivity contribution in [3.63, 3.8) is 0 Å². The Kier molecular flexibility index (Phi) is 6.45. The lowest BCUT2D eigenvalue weighted by molar-refractivity contribution is 0.356. The van der Waals surface area contributed by atoms with Crippen molar-refractivity contribution in [1.29, 1.82) is 0 Å². The van der Waals surface area contributed by atoms with Crippen LogP contribution in [0.4, 0.5) is 5.82 Å². The van der Waals surface area contributed by atoms with Gasteiger partial charge in [0.15, 0.2) is 11.5 Å². The van der Waals surface area contributed by atoms with Crippen molar-refractivity contribution in [3.05, 3.63) is 18.5 Å². The molecule has 26 heavy (non-hydrogen) atoms. The number of ether oxygens (including phenoxy) is 2. The van der Waals surface area contributed by atoms with E-state index < -0.39 is 10.2 Å². The van der Waals surface area contributed by atoms with E-state index in [1.807, 2.05) is 11.0 Å². The number of nitrogens with two attached hydrogens (primary N) is 1. The SMILES string of the molecule is COc1cc2ncnc(N3CCCN(S(N)(=O)=O)CC3)c2cc1OC.Cl. The minimum atomic E-state index is -3.68. The maximum absolute atomic E-state index is 11.6. The molecule has 11 heteroatoms. The number of methoxy groups -OCH3 is 2. The van der Waals surface area contributed by atoms with Gasteiger partial charge in [0.25, 0.3) is 10.2 Å². The highest BCUT2D eigenvalue weighted by atomic mass is 35.5. The van der Waals surface area contributed by atoms with Crippen molar-refractivity contribution in [3.8, 4) is 11.5 Å². The highest BCUT2D eigenvalue weighted by Gasteiger charge is 2.24. The average molecular weight is 404 g/mol. The molecule has 2 N–H and O–H groups in total. The zero-order chi connectivity index (χ0) is 18.0. The lowest BCUT2D eigenvalue weighted by atomic mass is 10.2. The first-order chi connectivity index (χ1) is 11.9. The van der Waals surface area contributed by atoms with Crippen LogP contribution in [-0.2, 0) is 10.2 Å². The highest BCUT2D eigenvalue weighted by molar-refractivity contribution is 7.86. The molecular weight excluding hydrogens is 382 g/mol. The van der Waals surface area contributed by atoms with Crippen LogP contribution in [0, 0.1) is 0 Å². The molecule has 0 atom stereocenters. The maximum Gasteiger partial charge on any atom is 0.276 e. The van der Waals surface area contributed by atoms with Crippen LogP contribution in [-0.4, -0.2) is 63.1 Å². The summed E-state index contributed by atoms with van der Waals surface area (Å²) in [5.74, 6) is 1.92. The van der Waals surface area contributed by atoms with Gasteiger partial charge in [-0.25, -0.2) is 15.1 Å². The van der Waals surface area contributed by atoms with Gasteiger partial charge in [0.05, 0.1) is 19.7 Å². The standard InChI is InChI=1S/C15H21N5O4S.ClH/c1-23-13-8-11-12(9-14(13)24-2)17-10-18-15(11)19-4-3-5-20(7-6-19)25(16,21)22;/h8-10H,3-7H2,1-2H3,(H2,16,21,22);1H. The lowest BCUT2D eigenvalue weighted by Crippen LogP contribution is -2.39. The van der Waals surface area contributed by atoms with Crippen molar-refractivity contribution in [2.45, 2.75) is 6.42 Å². The first-order valence-electron chi connectivity index (χ1n) is 7.83. The number of nitrogens with zero attached hydrogens (tertiary/aromatic N) is 4. The molecule has 0 bridgehead atoms. The highest BCUT2D eigenvalue weighted by Crippen LogP contribution is 2.34. The number of anilines is 1. The summed E-state index contributed by atoms with van der Waals surface area (Å²) in [4.78, 5) is 10.8. The van der Waals surface area contributed by atoms with E-state index in [1.54, 1.807) is 20.3 Å². The quantitative estimate of drug-likeness (QED) is 0.803. The summed E-state index contributed by atoms with van der Waals surface area (Å²) in [5, 5.41) is 6.07. The van der Waals surface area contributed by atoms with Gasteiger partial charge in [0.2, 0.25) is 0 Å². The van der Waals surface area contributed by atoms with E-state index in [-0.39, 0.29) is 12.4 Å². The maximum atomic E-state index is 11.6. The largest absolute Gasteiger partial charge is 0.493 e. The molecule has 2 aromatic rings. The van der Waals surface area contributed by atoms with Crippen LogP contribution in [0.3, 0.4) is 0 Å². The first kappa shape index (κ1) is 20.4. The molecule has 144 valence electrons. The zero-order valence-electron chi connectivity index (χ0n) is 14.6. The minimum absolute atomic E-state index is 0. The van der Waals surface area contributed by atoms with E-state index >= 15 is 0 Å². The number of fused-ring (bicyclic) bond motifs is 1. The van der Waals surface area contributed by atoms with E-state index in [4.69, 9.17) is 14.6 Å². The smallest absolute Gasteiger partial charge is 0.276 e. The summed E-state index contributed by atoms with van der Waals surface area (Å²) >= 11 is 0. The number of benzene rings is 1. The Balaban J connectivity index is 0.00000243. The molecule has 0 unspecified atom stereocenters. The van der Waals surface area contributed by atoms with Gasteiger partial charge in [-0.2, -0.15) is 12.7 Å². The van der Waals surface area contributed by atoms with E-state index in [2.05, 4.69) is 9.97 Å². The molecule has 0 spiro atoms. The lowest BCUT2D eigenvalue weighted by Gasteiger charge is -2.23. The third-order valence-electron chi connectivity index (χ3n) is 4.23. The molecule has 0 amide bonds. The average Bonchev–Trinajstić information content (AvgIpc) is 2.85. The molecule has 0 saturated carbocycles. The Bertz CT molecular complexity index is 880. The summed E-state index contributed by atoms with van der Waals surface area (Å²) < 4.78 is 35.1. The molecule has 1 aromatic carbocycles. The Morgan fingerprint density at radius 3 is 2.38 bits per heavy atom. The van der Waals surface area contributed by atoms with Gasteiger partial charge in [0.1, 0.15) is 12.1 Å². The van der Waals surface area contributed by atoms with E-state index in [0.29, 0.717) is 44.1 Å². The number of aromatic nitrogens is 2. The van der Waals surface area contributed by atoms with Crippen molar-refractivity contribution >= 4 is 39.3 Å². The molecule has 1 saturated heterocycles. The second-order valence-electron chi connectivity index (χ2n) is 5.71. The van der Waals surface area contributed by atoms with Gasteiger partial charge in [-0.15, -0.1) is 12.4 Å². The molecule has 9 nitrogen and oxygen atoms in total. The molecule has 1 aromatic heterocycles. The normalized spacial score (nSPS) is 16.0. The number of halogens is 1.